The summed E-state index contributed by atoms with van der Waals surface area (Å²) in [6.45, 7) is 2.99. The number of aliphatic hydroxyl groups excluding tert-OH is 1. The lowest BCUT2D eigenvalue weighted by Crippen LogP contribution is -2.31. The fourth-order valence-corrected chi connectivity index (χ4v) is 1.67. The molecule has 16 heavy (non-hydrogen) atoms. The molecule has 1 N–H and O–H groups in total. The van der Waals surface area contributed by atoms with Crippen molar-refractivity contribution >= 4 is 0 Å². The van der Waals surface area contributed by atoms with Crippen molar-refractivity contribution in [3.63, 3.8) is 0 Å². The Morgan fingerprint density at radius 3 is 2.81 bits per heavy atom. The standard InChI is InChI=1S/C13H20FNO/c1-11(15(2)8-9-16)6-7-12-4-3-5-13(14)10-12/h3-5,10-11,16H,6-9H2,1-2H3/t11-/m1/s1. The molecule has 0 aliphatic carbocycles. The molecule has 1 rings (SSSR count). The number of likely N-dealkylation sites (N-methyl/N-ethyl adjacent to an activating group) is 1. The van der Waals surface area contributed by atoms with Gasteiger partial charge in [0.2, 0.25) is 0 Å². The van der Waals surface area contributed by atoms with Crippen LogP contribution in [0.1, 0.15) is 18.9 Å². The van der Waals surface area contributed by atoms with Crippen LogP contribution in [0.25, 0.3) is 0 Å². The molecule has 1 aromatic rings. The number of halogens is 1. The number of hydrogen-bond donors (Lipinski definition) is 1. The van der Waals surface area contributed by atoms with E-state index < -0.39 is 0 Å². The van der Waals surface area contributed by atoms with E-state index in [4.69, 9.17) is 5.11 Å². The van der Waals surface area contributed by atoms with Crippen LogP contribution in [0.4, 0.5) is 4.39 Å². The van der Waals surface area contributed by atoms with Crippen LogP contribution in [-0.4, -0.2) is 36.2 Å². The molecule has 0 unspecified atom stereocenters. The average Bonchev–Trinajstić information content (AvgIpc) is 2.26. The zero-order chi connectivity index (χ0) is 12.0. The van der Waals surface area contributed by atoms with Crippen LogP contribution >= 0.6 is 0 Å². The van der Waals surface area contributed by atoms with Gasteiger partial charge in [-0.2, -0.15) is 0 Å². The predicted molar refractivity (Wildman–Crippen MR) is 63.9 cm³/mol. The van der Waals surface area contributed by atoms with Gasteiger partial charge in [0.25, 0.3) is 0 Å². The first-order chi connectivity index (χ1) is 7.63. The number of benzene rings is 1. The Morgan fingerprint density at radius 2 is 2.19 bits per heavy atom. The highest BCUT2D eigenvalue weighted by Gasteiger charge is 2.08. The molecule has 0 heterocycles. The predicted octanol–water partition coefficient (Wildman–Crippen LogP) is 2.07. The summed E-state index contributed by atoms with van der Waals surface area (Å²) in [4.78, 5) is 2.11. The normalized spacial score (nSPS) is 13.1. The number of aryl methyl sites for hydroxylation is 1. The lowest BCUT2D eigenvalue weighted by molar-refractivity contribution is 0.182. The van der Waals surface area contributed by atoms with Gasteiger partial charge in [-0.3, -0.25) is 0 Å². The van der Waals surface area contributed by atoms with E-state index in [1.807, 2.05) is 13.1 Å². The molecule has 0 aromatic heterocycles. The second-order valence-electron chi connectivity index (χ2n) is 4.22. The summed E-state index contributed by atoms with van der Waals surface area (Å²) in [5.41, 5.74) is 1.03. The molecule has 0 fully saturated rings. The summed E-state index contributed by atoms with van der Waals surface area (Å²) in [5, 5.41) is 8.82. The Kier molecular flexibility index (Phi) is 5.43. The maximum atomic E-state index is 12.9. The summed E-state index contributed by atoms with van der Waals surface area (Å²) >= 11 is 0. The zero-order valence-electron chi connectivity index (χ0n) is 9.99. The van der Waals surface area contributed by atoms with Gasteiger partial charge < -0.3 is 10.0 Å². The summed E-state index contributed by atoms with van der Waals surface area (Å²) in [6.07, 6.45) is 1.84. The van der Waals surface area contributed by atoms with Crippen LogP contribution in [0, 0.1) is 5.82 Å². The topological polar surface area (TPSA) is 23.5 Å². The number of rotatable bonds is 6. The molecular weight excluding hydrogens is 205 g/mol. The maximum absolute atomic E-state index is 12.9. The highest BCUT2D eigenvalue weighted by molar-refractivity contribution is 5.16. The maximum Gasteiger partial charge on any atom is 0.123 e. The SMILES string of the molecule is C[C@H](CCc1cccc(F)c1)N(C)CCO. The van der Waals surface area contributed by atoms with Crippen LogP contribution in [0.15, 0.2) is 24.3 Å². The van der Waals surface area contributed by atoms with Gasteiger partial charge in [-0.15, -0.1) is 0 Å². The van der Waals surface area contributed by atoms with Crippen molar-refractivity contribution in [1.82, 2.24) is 4.90 Å². The van der Waals surface area contributed by atoms with Crippen LogP contribution in [-0.2, 0) is 6.42 Å². The molecule has 3 heteroatoms. The van der Waals surface area contributed by atoms with Gasteiger partial charge in [0.1, 0.15) is 5.82 Å². The Balaban J connectivity index is 2.39. The summed E-state index contributed by atoms with van der Waals surface area (Å²) in [6, 6.07) is 7.13. The zero-order valence-corrected chi connectivity index (χ0v) is 9.99. The van der Waals surface area contributed by atoms with Gasteiger partial charge in [0.05, 0.1) is 6.61 Å². The van der Waals surface area contributed by atoms with Crippen molar-refractivity contribution in [3.05, 3.63) is 35.6 Å². The second-order valence-corrected chi connectivity index (χ2v) is 4.22. The lowest BCUT2D eigenvalue weighted by Gasteiger charge is -2.23. The Hall–Kier alpha value is -0.930. The van der Waals surface area contributed by atoms with E-state index in [0.29, 0.717) is 12.6 Å². The highest BCUT2D eigenvalue weighted by atomic mass is 19.1. The first-order valence-electron chi connectivity index (χ1n) is 5.69. The fraction of sp³-hybridized carbons (Fsp3) is 0.538. The van der Waals surface area contributed by atoms with E-state index in [1.165, 1.54) is 6.07 Å². The van der Waals surface area contributed by atoms with Gasteiger partial charge >= 0.3 is 0 Å². The lowest BCUT2D eigenvalue weighted by atomic mass is 10.1. The minimum atomic E-state index is -0.172. The van der Waals surface area contributed by atoms with Gasteiger partial charge in [0.15, 0.2) is 0 Å². The molecule has 0 spiro atoms. The van der Waals surface area contributed by atoms with Crippen LogP contribution in [0.5, 0.6) is 0 Å². The highest BCUT2D eigenvalue weighted by Crippen LogP contribution is 2.10. The molecule has 0 amide bonds. The molecular formula is C13H20FNO. The minimum Gasteiger partial charge on any atom is -0.395 e. The smallest absolute Gasteiger partial charge is 0.123 e. The van der Waals surface area contributed by atoms with Crippen LogP contribution in [0.2, 0.25) is 0 Å². The van der Waals surface area contributed by atoms with Crippen molar-refractivity contribution < 1.29 is 9.50 Å². The van der Waals surface area contributed by atoms with E-state index in [2.05, 4.69) is 11.8 Å². The van der Waals surface area contributed by atoms with Crippen molar-refractivity contribution in [2.24, 2.45) is 0 Å². The molecule has 1 atom stereocenters. The van der Waals surface area contributed by atoms with Crippen molar-refractivity contribution in [1.29, 1.82) is 0 Å². The number of hydrogen-bond acceptors (Lipinski definition) is 2. The summed E-state index contributed by atoms with van der Waals surface area (Å²) in [7, 11) is 1.99. The average molecular weight is 225 g/mol. The Morgan fingerprint density at radius 1 is 1.44 bits per heavy atom. The van der Waals surface area contributed by atoms with Crippen LogP contribution < -0.4 is 0 Å². The Bertz CT molecular complexity index is 317. The first-order valence-corrected chi connectivity index (χ1v) is 5.69. The van der Waals surface area contributed by atoms with Crippen LogP contribution in [0.3, 0.4) is 0 Å². The Labute approximate surface area is 96.7 Å². The molecule has 2 nitrogen and oxygen atoms in total. The van der Waals surface area contributed by atoms with Crippen molar-refractivity contribution in [2.45, 2.75) is 25.8 Å². The van der Waals surface area contributed by atoms with E-state index in [1.54, 1.807) is 12.1 Å². The molecule has 0 radical (unpaired) electrons. The monoisotopic (exact) mass is 225 g/mol. The molecule has 0 aliphatic heterocycles. The number of nitrogens with zero attached hydrogens (tertiary/aromatic N) is 1. The molecule has 0 bridgehead atoms. The quantitative estimate of drug-likeness (QED) is 0.801. The fourth-order valence-electron chi connectivity index (χ4n) is 1.67. The first kappa shape index (κ1) is 13.1. The largest absolute Gasteiger partial charge is 0.395 e. The molecule has 0 aliphatic rings. The molecule has 0 saturated heterocycles. The number of aliphatic hydroxyl groups is 1. The van der Waals surface area contributed by atoms with Gasteiger partial charge in [-0.25, -0.2) is 4.39 Å². The third-order valence-corrected chi connectivity index (χ3v) is 2.94. The second kappa shape index (κ2) is 6.61. The van der Waals surface area contributed by atoms with Crippen molar-refractivity contribution in [3.8, 4) is 0 Å². The van der Waals surface area contributed by atoms with E-state index in [0.717, 1.165) is 18.4 Å². The third kappa shape index (κ3) is 4.29. The van der Waals surface area contributed by atoms with Crippen molar-refractivity contribution in [2.75, 3.05) is 20.2 Å². The summed E-state index contributed by atoms with van der Waals surface area (Å²) in [5.74, 6) is -0.172. The van der Waals surface area contributed by atoms with E-state index in [9.17, 15) is 4.39 Å². The molecule has 0 saturated carbocycles. The van der Waals surface area contributed by atoms with Gasteiger partial charge in [0, 0.05) is 12.6 Å². The third-order valence-electron chi connectivity index (χ3n) is 2.94. The molecule has 1 aromatic carbocycles. The summed E-state index contributed by atoms with van der Waals surface area (Å²) < 4.78 is 12.9. The van der Waals surface area contributed by atoms with E-state index >= 15 is 0 Å². The van der Waals surface area contributed by atoms with Gasteiger partial charge in [-0.1, -0.05) is 12.1 Å². The van der Waals surface area contributed by atoms with Gasteiger partial charge in [-0.05, 0) is 44.5 Å². The molecule has 90 valence electrons. The van der Waals surface area contributed by atoms with E-state index in [-0.39, 0.29) is 12.4 Å². The minimum absolute atomic E-state index is 0.172.